The molecule has 4 atom stereocenters. The van der Waals surface area contributed by atoms with E-state index in [9.17, 15) is 0 Å². The molecule has 2 nitrogen and oxygen atoms in total. The van der Waals surface area contributed by atoms with E-state index in [2.05, 4.69) is 57.5 Å². The summed E-state index contributed by atoms with van der Waals surface area (Å²) in [7, 11) is 0. The summed E-state index contributed by atoms with van der Waals surface area (Å²) in [6.45, 7) is 9.91. The second-order valence-electron chi connectivity index (χ2n) is 7.16. The zero-order chi connectivity index (χ0) is 16.4. The Kier molecular flexibility index (Phi) is 5.18. The largest absolute Gasteiger partial charge is 0.298 e. The average molecular weight is 359 g/mol. The fourth-order valence-electron chi connectivity index (χ4n) is 4.37. The zero-order valence-electron chi connectivity index (χ0n) is 14.1. The molecule has 5 rings (SSSR count). The van der Waals surface area contributed by atoms with E-state index < -0.39 is 0 Å². The fraction of sp³-hybridized carbons (Fsp3) is 0.500. The molecule has 0 amide bonds. The van der Waals surface area contributed by atoms with E-state index in [0.29, 0.717) is 0 Å². The normalized spacial score (nSPS) is 29.2. The van der Waals surface area contributed by atoms with E-state index in [4.69, 9.17) is 0 Å². The van der Waals surface area contributed by atoms with Crippen LogP contribution in [-0.2, 0) is 13.1 Å². The first-order valence-electron chi connectivity index (χ1n) is 8.95. The molecule has 3 aliphatic heterocycles. The predicted octanol–water partition coefficient (Wildman–Crippen LogP) is 4.71. The minimum absolute atomic E-state index is 0.720. The lowest BCUT2D eigenvalue weighted by molar-refractivity contribution is 0.000394. The standard InChI is InChI=1S/C20H26N2S2/c1-2-16-12-22-8-7-17(16)11-18(22)13-21(14-19-5-3-9-23-19)15-20-6-4-10-24-20/h2-6,9-10,16-18H,1,7-8,11-15H2/t16-,17+,18-/m1/s1. The summed E-state index contributed by atoms with van der Waals surface area (Å²) in [6, 6.07) is 9.61. The molecule has 0 spiro atoms. The Bertz CT molecular complexity index is 598. The summed E-state index contributed by atoms with van der Waals surface area (Å²) in [5, 5.41) is 4.39. The second kappa shape index (κ2) is 7.52. The van der Waals surface area contributed by atoms with Gasteiger partial charge in [0.1, 0.15) is 0 Å². The summed E-state index contributed by atoms with van der Waals surface area (Å²) in [6.07, 6.45) is 4.91. The van der Waals surface area contributed by atoms with Crippen molar-refractivity contribution in [2.45, 2.75) is 32.0 Å². The predicted molar refractivity (Wildman–Crippen MR) is 105 cm³/mol. The number of nitrogens with zero attached hydrogens (tertiary/aromatic N) is 2. The van der Waals surface area contributed by atoms with E-state index in [1.165, 1.54) is 42.2 Å². The first kappa shape index (κ1) is 16.5. The van der Waals surface area contributed by atoms with E-state index in [1.807, 2.05) is 22.7 Å². The van der Waals surface area contributed by atoms with Crippen molar-refractivity contribution in [2.75, 3.05) is 19.6 Å². The Morgan fingerprint density at radius 1 is 1.17 bits per heavy atom. The van der Waals surface area contributed by atoms with Gasteiger partial charge in [-0.1, -0.05) is 18.2 Å². The van der Waals surface area contributed by atoms with Crippen LogP contribution in [-0.4, -0.2) is 35.5 Å². The van der Waals surface area contributed by atoms with Gasteiger partial charge in [0, 0.05) is 42.0 Å². The van der Waals surface area contributed by atoms with E-state index in [1.54, 1.807) is 0 Å². The third-order valence-corrected chi connectivity index (χ3v) is 7.34. The molecule has 2 aromatic heterocycles. The molecule has 24 heavy (non-hydrogen) atoms. The highest BCUT2D eigenvalue weighted by atomic mass is 32.1. The van der Waals surface area contributed by atoms with Crippen LogP contribution in [0.1, 0.15) is 22.6 Å². The first-order valence-corrected chi connectivity index (χ1v) is 10.7. The molecule has 5 heterocycles. The van der Waals surface area contributed by atoms with E-state index in [0.717, 1.165) is 31.0 Å². The van der Waals surface area contributed by atoms with Gasteiger partial charge < -0.3 is 0 Å². The SMILES string of the molecule is C=C[C@@H]1CN2CC[C@H]1C[C@@H]2CN(Cc1cccs1)Cc1cccs1. The maximum atomic E-state index is 4.05. The molecule has 3 aliphatic rings. The molecular weight excluding hydrogens is 332 g/mol. The van der Waals surface area contributed by atoms with Crippen molar-refractivity contribution in [3.8, 4) is 0 Å². The van der Waals surface area contributed by atoms with E-state index in [-0.39, 0.29) is 0 Å². The number of piperidine rings is 3. The van der Waals surface area contributed by atoms with Gasteiger partial charge in [-0.15, -0.1) is 29.3 Å². The number of fused-ring (bicyclic) bond motifs is 3. The molecule has 0 aromatic carbocycles. The van der Waals surface area contributed by atoms with Gasteiger partial charge in [0.05, 0.1) is 0 Å². The molecule has 4 heteroatoms. The summed E-state index contributed by atoms with van der Waals surface area (Å²) in [4.78, 5) is 8.34. The smallest absolute Gasteiger partial charge is 0.0332 e. The van der Waals surface area contributed by atoms with Crippen molar-refractivity contribution in [1.82, 2.24) is 9.80 Å². The quantitative estimate of drug-likeness (QED) is 0.662. The third kappa shape index (κ3) is 3.67. The molecule has 0 N–H and O–H groups in total. The summed E-state index contributed by atoms with van der Waals surface area (Å²) in [5.41, 5.74) is 0. The molecular formula is C20H26N2S2. The molecule has 1 unspecified atom stereocenters. The van der Waals surface area contributed by atoms with Crippen LogP contribution in [0.25, 0.3) is 0 Å². The monoisotopic (exact) mass is 358 g/mol. The van der Waals surface area contributed by atoms with Crippen LogP contribution in [0.2, 0.25) is 0 Å². The molecule has 2 bridgehead atoms. The minimum atomic E-state index is 0.720. The summed E-state index contributed by atoms with van der Waals surface area (Å²) < 4.78 is 0. The van der Waals surface area contributed by atoms with Gasteiger partial charge in [-0.05, 0) is 54.1 Å². The van der Waals surface area contributed by atoms with Crippen molar-refractivity contribution in [3.63, 3.8) is 0 Å². The van der Waals surface area contributed by atoms with Crippen LogP contribution in [0.3, 0.4) is 0 Å². The first-order chi connectivity index (χ1) is 11.8. The number of hydrogen-bond acceptors (Lipinski definition) is 4. The van der Waals surface area contributed by atoms with Gasteiger partial charge in [-0.25, -0.2) is 0 Å². The lowest BCUT2D eigenvalue weighted by Crippen LogP contribution is -2.56. The van der Waals surface area contributed by atoms with Crippen molar-refractivity contribution in [2.24, 2.45) is 11.8 Å². The summed E-state index contributed by atoms with van der Waals surface area (Å²) >= 11 is 3.76. The van der Waals surface area contributed by atoms with E-state index >= 15 is 0 Å². The summed E-state index contributed by atoms with van der Waals surface area (Å²) in [5.74, 6) is 1.58. The van der Waals surface area contributed by atoms with Gasteiger partial charge in [0.25, 0.3) is 0 Å². The van der Waals surface area contributed by atoms with Gasteiger partial charge in [-0.3, -0.25) is 9.80 Å². The molecule has 0 saturated carbocycles. The second-order valence-corrected chi connectivity index (χ2v) is 9.23. The maximum Gasteiger partial charge on any atom is 0.0332 e. The van der Waals surface area contributed by atoms with Gasteiger partial charge in [-0.2, -0.15) is 0 Å². The Balaban J connectivity index is 1.44. The van der Waals surface area contributed by atoms with Crippen LogP contribution in [0.5, 0.6) is 0 Å². The third-order valence-electron chi connectivity index (χ3n) is 5.62. The highest BCUT2D eigenvalue weighted by Gasteiger charge is 2.39. The Morgan fingerprint density at radius 2 is 1.88 bits per heavy atom. The van der Waals surface area contributed by atoms with Crippen molar-refractivity contribution in [3.05, 3.63) is 57.4 Å². The number of rotatable bonds is 7. The minimum Gasteiger partial charge on any atom is -0.298 e. The molecule has 2 aromatic rings. The van der Waals surface area contributed by atoms with Crippen molar-refractivity contribution >= 4 is 22.7 Å². The highest BCUT2D eigenvalue weighted by molar-refractivity contribution is 7.10. The Morgan fingerprint density at radius 3 is 2.38 bits per heavy atom. The maximum absolute atomic E-state index is 4.05. The van der Waals surface area contributed by atoms with Crippen molar-refractivity contribution < 1.29 is 0 Å². The highest BCUT2D eigenvalue weighted by Crippen LogP contribution is 2.37. The van der Waals surface area contributed by atoms with Gasteiger partial charge in [0.15, 0.2) is 0 Å². The fourth-order valence-corrected chi connectivity index (χ4v) is 5.86. The Hall–Kier alpha value is -0.940. The number of thiophene rings is 2. The average Bonchev–Trinajstić information content (AvgIpc) is 3.29. The number of hydrogen-bond donors (Lipinski definition) is 0. The molecule has 128 valence electrons. The molecule has 3 fully saturated rings. The van der Waals surface area contributed by atoms with Gasteiger partial charge >= 0.3 is 0 Å². The topological polar surface area (TPSA) is 6.48 Å². The zero-order valence-corrected chi connectivity index (χ0v) is 15.8. The Labute approximate surface area is 153 Å². The molecule has 0 aliphatic carbocycles. The van der Waals surface area contributed by atoms with Crippen LogP contribution in [0, 0.1) is 11.8 Å². The van der Waals surface area contributed by atoms with Gasteiger partial charge in [0.2, 0.25) is 0 Å². The van der Waals surface area contributed by atoms with Crippen LogP contribution in [0.4, 0.5) is 0 Å². The van der Waals surface area contributed by atoms with Crippen LogP contribution >= 0.6 is 22.7 Å². The molecule has 3 saturated heterocycles. The van der Waals surface area contributed by atoms with Crippen LogP contribution in [0.15, 0.2) is 47.7 Å². The van der Waals surface area contributed by atoms with Crippen molar-refractivity contribution in [1.29, 1.82) is 0 Å². The molecule has 0 radical (unpaired) electrons. The van der Waals surface area contributed by atoms with Crippen LogP contribution < -0.4 is 0 Å². The lowest BCUT2D eigenvalue weighted by Gasteiger charge is -2.50. The lowest BCUT2D eigenvalue weighted by atomic mass is 9.75.